The average Bonchev–Trinajstić information content (AvgIpc) is 2.67. The summed E-state index contributed by atoms with van der Waals surface area (Å²) in [7, 11) is 0. The van der Waals surface area contributed by atoms with Gasteiger partial charge in [0.25, 0.3) is 11.8 Å². The number of hydrogen-bond acceptors (Lipinski definition) is 2. The molecule has 1 aliphatic heterocycles. The fourth-order valence-corrected chi connectivity index (χ4v) is 2.67. The van der Waals surface area contributed by atoms with Crippen molar-refractivity contribution in [2.24, 2.45) is 0 Å². The molecule has 1 heterocycles. The lowest BCUT2D eigenvalue weighted by atomic mass is 10.1. The number of hydrogen-bond donors (Lipinski definition) is 0. The molecular weight excluding hydrogens is 360 g/mol. The number of fused-ring (bicyclic) bond motifs is 1. The van der Waals surface area contributed by atoms with Gasteiger partial charge in [0, 0.05) is 0 Å². The van der Waals surface area contributed by atoms with E-state index in [-0.39, 0.29) is 9.26 Å². The molecule has 2 amide bonds. The predicted molar refractivity (Wildman–Crippen MR) is 76.7 cm³/mol. The zero-order chi connectivity index (χ0) is 13.6. The minimum atomic E-state index is -0.449. The molecule has 0 atom stereocenters. The smallest absolute Gasteiger partial charge is 0.266 e. The first-order valence-electron chi connectivity index (χ1n) is 5.53. The Balaban J connectivity index is 2.17. The van der Waals surface area contributed by atoms with E-state index in [1.54, 1.807) is 52.9 Å². The van der Waals surface area contributed by atoms with Gasteiger partial charge in [-0.3, -0.25) is 9.59 Å². The van der Waals surface area contributed by atoms with Gasteiger partial charge in [0.2, 0.25) is 0 Å². The van der Waals surface area contributed by atoms with E-state index >= 15 is 0 Å². The molecule has 2 aromatic carbocycles. The maximum absolute atomic E-state index is 13.6. The number of imide groups is 1. The summed E-state index contributed by atoms with van der Waals surface area (Å²) in [5, 5.41) is 0. The number of benzene rings is 2. The average molecular weight is 367 g/mol. The monoisotopic (exact) mass is 367 g/mol. The molecule has 0 saturated heterocycles. The SMILES string of the molecule is O=C1c2ccccc2C(=O)N1c1cccc(F)c1I. The Bertz CT molecular complexity index is 679. The number of carbonyl (C=O) groups is 2. The third kappa shape index (κ3) is 1.76. The Kier molecular flexibility index (Phi) is 2.85. The van der Waals surface area contributed by atoms with Crippen LogP contribution < -0.4 is 4.90 Å². The van der Waals surface area contributed by atoms with Crippen LogP contribution in [0.4, 0.5) is 10.1 Å². The molecule has 0 bridgehead atoms. The Morgan fingerprint density at radius 2 is 1.47 bits per heavy atom. The Morgan fingerprint density at radius 3 is 2.05 bits per heavy atom. The van der Waals surface area contributed by atoms with E-state index in [0.29, 0.717) is 11.1 Å². The molecule has 0 aliphatic carbocycles. The first kappa shape index (κ1) is 12.3. The second kappa shape index (κ2) is 4.41. The van der Waals surface area contributed by atoms with Crippen molar-refractivity contribution in [1.29, 1.82) is 0 Å². The highest BCUT2D eigenvalue weighted by Crippen LogP contribution is 2.32. The van der Waals surface area contributed by atoms with Crippen molar-refractivity contribution in [3.63, 3.8) is 0 Å². The van der Waals surface area contributed by atoms with E-state index < -0.39 is 17.6 Å². The first-order valence-corrected chi connectivity index (χ1v) is 6.61. The van der Waals surface area contributed by atoms with Crippen LogP contribution in [0.2, 0.25) is 0 Å². The maximum atomic E-state index is 13.6. The van der Waals surface area contributed by atoms with Crippen molar-refractivity contribution in [3.05, 3.63) is 63.0 Å². The molecule has 0 spiro atoms. The quantitative estimate of drug-likeness (QED) is 0.574. The molecule has 94 valence electrons. The summed E-state index contributed by atoms with van der Waals surface area (Å²) >= 11 is 1.79. The Hall–Kier alpha value is -1.76. The predicted octanol–water partition coefficient (Wildman–Crippen LogP) is 3.23. The van der Waals surface area contributed by atoms with E-state index in [0.717, 1.165) is 4.90 Å². The van der Waals surface area contributed by atoms with Crippen LogP contribution in [0.1, 0.15) is 20.7 Å². The lowest BCUT2D eigenvalue weighted by molar-refractivity contribution is 0.0926. The van der Waals surface area contributed by atoms with Crippen LogP contribution >= 0.6 is 22.6 Å². The lowest BCUT2D eigenvalue weighted by Gasteiger charge is -2.15. The maximum Gasteiger partial charge on any atom is 0.266 e. The molecule has 2 aromatic rings. The highest BCUT2D eigenvalue weighted by Gasteiger charge is 2.37. The minimum absolute atomic E-state index is 0.259. The summed E-state index contributed by atoms with van der Waals surface area (Å²) < 4.78 is 13.8. The van der Waals surface area contributed by atoms with E-state index in [4.69, 9.17) is 0 Å². The fourth-order valence-electron chi connectivity index (χ4n) is 2.07. The van der Waals surface area contributed by atoms with E-state index in [9.17, 15) is 14.0 Å². The van der Waals surface area contributed by atoms with Crippen LogP contribution in [0.3, 0.4) is 0 Å². The van der Waals surface area contributed by atoms with Crippen molar-refractivity contribution in [3.8, 4) is 0 Å². The molecule has 3 rings (SSSR count). The summed E-state index contributed by atoms with van der Waals surface area (Å²) in [6.45, 7) is 0. The summed E-state index contributed by atoms with van der Waals surface area (Å²) in [5.74, 6) is -1.28. The summed E-state index contributed by atoms with van der Waals surface area (Å²) in [6, 6.07) is 10.9. The molecular formula is C14H7FINO2. The zero-order valence-corrected chi connectivity index (χ0v) is 11.7. The number of halogens is 2. The molecule has 0 fully saturated rings. The highest BCUT2D eigenvalue weighted by molar-refractivity contribution is 14.1. The van der Waals surface area contributed by atoms with Gasteiger partial charge in [0.15, 0.2) is 0 Å². The standard InChI is InChI=1S/C14H7FINO2/c15-10-6-3-7-11(12(10)16)17-13(18)8-4-1-2-5-9(8)14(17)19/h1-7H. The molecule has 0 N–H and O–H groups in total. The summed E-state index contributed by atoms with van der Waals surface area (Å²) in [4.78, 5) is 25.5. The van der Waals surface area contributed by atoms with Crippen molar-refractivity contribution < 1.29 is 14.0 Å². The summed E-state index contributed by atoms with van der Waals surface area (Å²) in [5.41, 5.74) is 0.993. The van der Waals surface area contributed by atoms with Crippen LogP contribution in [0.5, 0.6) is 0 Å². The van der Waals surface area contributed by atoms with Gasteiger partial charge >= 0.3 is 0 Å². The first-order chi connectivity index (χ1) is 9.11. The molecule has 5 heteroatoms. The number of rotatable bonds is 1. The lowest BCUT2D eigenvalue weighted by Crippen LogP contribution is -2.30. The van der Waals surface area contributed by atoms with Crippen molar-refractivity contribution in [2.75, 3.05) is 4.90 Å². The van der Waals surface area contributed by atoms with E-state index in [2.05, 4.69) is 0 Å². The molecule has 0 unspecified atom stereocenters. The Morgan fingerprint density at radius 1 is 0.895 bits per heavy atom. The number of nitrogens with zero attached hydrogens (tertiary/aromatic N) is 1. The van der Waals surface area contributed by atoms with Gasteiger partial charge in [-0.1, -0.05) is 18.2 Å². The number of carbonyl (C=O) groups excluding carboxylic acids is 2. The van der Waals surface area contributed by atoms with Gasteiger partial charge in [0.1, 0.15) is 5.82 Å². The minimum Gasteiger partial charge on any atom is -0.268 e. The third-order valence-corrected chi connectivity index (χ3v) is 4.03. The van der Waals surface area contributed by atoms with Crippen LogP contribution in [-0.2, 0) is 0 Å². The highest BCUT2D eigenvalue weighted by atomic mass is 127. The second-order valence-electron chi connectivity index (χ2n) is 4.06. The number of anilines is 1. The van der Waals surface area contributed by atoms with Gasteiger partial charge in [-0.2, -0.15) is 0 Å². The largest absolute Gasteiger partial charge is 0.268 e. The Labute approximate surface area is 122 Å². The van der Waals surface area contributed by atoms with Gasteiger partial charge < -0.3 is 0 Å². The third-order valence-electron chi connectivity index (χ3n) is 2.97. The van der Waals surface area contributed by atoms with Gasteiger partial charge in [-0.25, -0.2) is 9.29 Å². The van der Waals surface area contributed by atoms with Crippen molar-refractivity contribution in [1.82, 2.24) is 0 Å². The van der Waals surface area contributed by atoms with E-state index in [1.165, 1.54) is 12.1 Å². The van der Waals surface area contributed by atoms with Gasteiger partial charge in [-0.15, -0.1) is 0 Å². The van der Waals surface area contributed by atoms with Crippen LogP contribution in [0.25, 0.3) is 0 Å². The van der Waals surface area contributed by atoms with Crippen LogP contribution in [-0.4, -0.2) is 11.8 Å². The molecule has 1 aliphatic rings. The van der Waals surface area contributed by atoms with Gasteiger partial charge in [0.05, 0.1) is 20.4 Å². The molecule has 3 nitrogen and oxygen atoms in total. The summed E-state index contributed by atoms with van der Waals surface area (Å²) in [6.07, 6.45) is 0. The van der Waals surface area contributed by atoms with Gasteiger partial charge in [-0.05, 0) is 46.9 Å². The fraction of sp³-hybridized carbons (Fsp3) is 0. The number of amides is 2. The molecule has 0 aromatic heterocycles. The topological polar surface area (TPSA) is 37.4 Å². The van der Waals surface area contributed by atoms with E-state index in [1.807, 2.05) is 0 Å². The van der Waals surface area contributed by atoms with Crippen LogP contribution in [0, 0.1) is 9.39 Å². The van der Waals surface area contributed by atoms with Crippen molar-refractivity contribution >= 4 is 40.1 Å². The van der Waals surface area contributed by atoms with Crippen LogP contribution in [0.15, 0.2) is 42.5 Å². The zero-order valence-electron chi connectivity index (χ0n) is 9.56. The molecule has 19 heavy (non-hydrogen) atoms. The second-order valence-corrected chi connectivity index (χ2v) is 5.14. The normalized spacial score (nSPS) is 13.9. The van der Waals surface area contributed by atoms with Crippen molar-refractivity contribution in [2.45, 2.75) is 0 Å². The molecule has 0 saturated carbocycles. The molecule has 0 radical (unpaired) electrons.